The Morgan fingerprint density at radius 3 is 2.83 bits per heavy atom. The van der Waals surface area contributed by atoms with Crippen molar-refractivity contribution in [3.63, 3.8) is 0 Å². The molecule has 3 aromatic rings. The van der Waals surface area contributed by atoms with Gasteiger partial charge in [-0.25, -0.2) is 0 Å². The van der Waals surface area contributed by atoms with Crippen molar-refractivity contribution in [1.29, 1.82) is 0 Å². The highest BCUT2D eigenvalue weighted by atomic mass is 16.3. The Balaban J connectivity index is 1.85. The van der Waals surface area contributed by atoms with Gasteiger partial charge < -0.3 is 9.73 Å². The molecule has 0 spiro atoms. The van der Waals surface area contributed by atoms with Gasteiger partial charge in [-0.05, 0) is 31.2 Å². The van der Waals surface area contributed by atoms with Gasteiger partial charge in [0.1, 0.15) is 5.76 Å². The third kappa shape index (κ3) is 3.01. The molecule has 0 aliphatic rings. The summed E-state index contributed by atoms with van der Waals surface area (Å²) in [5.41, 5.74) is 0.304. The molecule has 0 radical (unpaired) electrons. The summed E-state index contributed by atoms with van der Waals surface area (Å²) in [6.45, 7) is 2.88. The monoisotopic (exact) mass is 311 g/mol. The predicted octanol–water partition coefficient (Wildman–Crippen LogP) is 1.98. The Bertz CT molecular complexity index is 882. The van der Waals surface area contributed by atoms with Crippen molar-refractivity contribution in [2.24, 2.45) is 0 Å². The van der Waals surface area contributed by atoms with Gasteiger partial charge in [0, 0.05) is 24.9 Å². The number of aromatic nitrogens is 2. The predicted molar refractivity (Wildman–Crippen MR) is 86.4 cm³/mol. The Labute approximate surface area is 132 Å². The van der Waals surface area contributed by atoms with Crippen LogP contribution in [-0.2, 0) is 13.0 Å². The van der Waals surface area contributed by atoms with E-state index >= 15 is 0 Å². The fourth-order valence-corrected chi connectivity index (χ4v) is 2.47. The molecule has 2 aromatic heterocycles. The minimum absolute atomic E-state index is 0.0787. The van der Waals surface area contributed by atoms with E-state index in [0.717, 1.165) is 11.3 Å². The van der Waals surface area contributed by atoms with Gasteiger partial charge in [-0.3, -0.25) is 14.3 Å². The van der Waals surface area contributed by atoms with E-state index in [1.807, 2.05) is 25.1 Å². The second-order valence-corrected chi connectivity index (χ2v) is 5.10. The highest BCUT2D eigenvalue weighted by molar-refractivity contribution is 5.95. The van der Waals surface area contributed by atoms with Crippen molar-refractivity contribution in [1.82, 2.24) is 15.1 Å². The Hall–Kier alpha value is -2.89. The molecule has 3 rings (SSSR count). The van der Waals surface area contributed by atoms with Crippen LogP contribution in [-0.4, -0.2) is 22.2 Å². The highest BCUT2D eigenvalue weighted by Gasteiger charge is 2.16. The van der Waals surface area contributed by atoms with Crippen molar-refractivity contribution in [3.8, 4) is 0 Å². The molecule has 0 saturated carbocycles. The Morgan fingerprint density at radius 1 is 1.26 bits per heavy atom. The summed E-state index contributed by atoms with van der Waals surface area (Å²) in [7, 11) is 0. The van der Waals surface area contributed by atoms with E-state index in [9.17, 15) is 9.59 Å². The number of hydrogen-bond acceptors (Lipinski definition) is 4. The molecule has 0 aliphatic carbocycles. The molecule has 1 aromatic carbocycles. The first-order chi connectivity index (χ1) is 11.2. The molecule has 23 heavy (non-hydrogen) atoms. The van der Waals surface area contributed by atoms with E-state index in [4.69, 9.17) is 4.42 Å². The standard InChI is InChI=1S/C17H17N3O3/c1-2-20-14-8-4-3-7-13(14)16(21)15(19-20)17(22)18-10-9-12-6-5-11-23-12/h3-8,11H,2,9-10H2,1H3,(H,18,22). The number of nitrogens with one attached hydrogen (secondary N) is 1. The van der Waals surface area contributed by atoms with Gasteiger partial charge in [0.15, 0.2) is 5.69 Å². The number of hydrogen-bond donors (Lipinski definition) is 1. The van der Waals surface area contributed by atoms with Gasteiger partial charge in [0.05, 0.1) is 11.8 Å². The van der Waals surface area contributed by atoms with Gasteiger partial charge in [0.25, 0.3) is 5.91 Å². The average Bonchev–Trinajstić information content (AvgIpc) is 3.09. The second kappa shape index (κ2) is 6.48. The van der Waals surface area contributed by atoms with Gasteiger partial charge in [-0.2, -0.15) is 5.10 Å². The van der Waals surface area contributed by atoms with Crippen molar-refractivity contribution in [2.75, 3.05) is 6.54 Å². The third-order valence-corrected chi connectivity index (χ3v) is 3.61. The number of carbonyl (C=O) groups is 1. The zero-order valence-corrected chi connectivity index (χ0v) is 12.8. The molecule has 0 aliphatic heterocycles. The van der Waals surface area contributed by atoms with E-state index in [2.05, 4.69) is 10.4 Å². The van der Waals surface area contributed by atoms with Crippen LogP contribution < -0.4 is 10.7 Å². The number of carbonyl (C=O) groups excluding carboxylic acids is 1. The van der Waals surface area contributed by atoms with Gasteiger partial charge in [-0.1, -0.05) is 12.1 Å². The maximum atomic E-state index is 12.5. The van der Waals surface area contributed by atoms with Crippen LogP contribution in [0.1, 0.15) is 23.2 Å². The van der Waals surface area contributed by atoms with Crippen LogP contribution in [0.2, 0.25) is 0 Å². The Kier molecular flexibility index (Phi) is 4.23. The normalized spacial score (nSPS) is 10.8. The molecule has 0 unspecified atom stereocenters. The third-order valence-electron chi connectivity index (χ3n) is 3.61. The number of fused-ring (bicyclic) bond motifs is 1. The second-order valence-electron chi connectivity index (χ2n) is 5.10. The highest BCUT2D eigenvalue weighted by Crippen LogP contribution is 2.09. The smallest absolute Gasteiger partial charge is 0.275 e. The lowest BCUT2D eigenvalue weighted by Crippen LogP contribution is -2.33. The van der Waals surface area contributed by atoms with Crippen LogP contribution in [0, 0.1) is 0 Å². The topological polar surface area (TPSA) is 77.1 Å². The average molecular weight is 311 g/mol. The number of amides is 1. The summed E-state index contributed by atoms with van der Waals surface area (Å²) in [5.74, 6) is 0.317. The lowest BCUT2D eigenvalue weighted by Gasteiger charge is -2.10. The van der Waals surface area contributed by atoms with Gasteiger partial charge in [0.2, 0.25) is 5.43 Å². The molecular formula is C17H17N3O3. The zero-order chi connectivity index (χ0) is 16.2. The molecule has 118 valence electrons. The number of furan rings is 1. The van der Waals surface area contributed by atoms with Crippen molar-refractivity contribution in [2.45, 2.75) is 19.9 Å². The molecule has 0 bridgehead atoms. The number of aryl methyl sites for hydroxylation is 1. The van der Waals surface area contributed by atoms with Crippen LogP contribution in [0.15, 0.2) is 51.9 Å². The molecule has 2 heterocycles. The molecular weight excluding hydrogens is 294 g/mol. The van der Waals surface area contributed by atoms with Crippen molar-refractivity contribution in [3.05, 3.63) is 64.3 Å². The van der Waals surface area contributed by atoms with Crippen LogP contribution in [0.4, 0.5) is 0 Å². The largest absolute Gasteiger partial charge is 0.469 e. The number of rotatable bonds is 5. The lowest BCUT2D eigenvalue weighted by molar-refractivity contribution is 0.0945. The number of benzene rings is 1. The molecule has 0 atom stereocenters. The SMILES string of the molecule is CCn1nc(C(=O)NCCc2ccco2)c(=O)c2ccccc21. The summed E-state index contributed by atoms with van der Waals surface area (Å²) >= 11 is 0. The molecule has 6 nitrogen and oxygen atoms in total. The van der Waals surface area contributed by atoms with Crippen LogP contribution >= 0.6 is 0 Å². The number of para-hydroxylation sites is 1. The fourth-order valence-electron chi connectivity index (χ4n) is 2.47. The first-order valence-electron chi connectivity index (χ1n) is 7.51. The summed E-state index contributed by atoms with van der Waals surface area (Å²) in [6.07, 6.45) is 2.15. The summed E-state index contributed by atoms with van der Waals surface area (Å²) < 4.78 is 6.87. The van der Waals surface area contributed by atoms with Gasteiger partial charge in [-0.15, -0.1) is 0 Å². The van der Waals surface area contributed by atoms with E-state index in [1.165, 1.54) is 0 Å². The van der Waals surface area contributed by atoms with E-state index in [1.54, 1.807) is 29.1 Å². The van der Waals surface area contributed by atoms with Crippen LogP contribution in [0.3, 0.4) is 0 Å². The molecule has 1 N–H and O–H groups in total. The van der Waals surface area contributed by atoms with Crippen LogP contribution in [0.5, 0.6) is 0 Å². The molecule has 1 amide bonds. The van der Waals surface area contributed by atoms with Gasteiger partial charge >= 0.3 is 0 Å². The quantitative estimate of drug-likeness (QED) is 0.781. The minimum atomic E-state index is -0.463. The minimum Gasteiger partial charge on any atom is -0.469 e. The van der Waals surface area contributed by atoms with E-state index < -0.39 is 5.91 Å². The summed E-state index contributed by atoms with van der Waals surface area (Å²) in [5, 5.41) is 7.42. The van der Waals surface area contributed by atoms with Crippen molar-refractivity contribution < 1.29 is 9.21 Å². The molecule has 0 fully saturated rings. The maximum absolute atomic E-state index is 12.5. The van der Waals surface area contributed by atoms with Crippen molar-refractivity contribution >= 4 is 16.8 Å². The van der Waals surface area contributed by atoms with E-state index in [-0.39, 0.29) is 11.1 Å². The van der Waals surface area contributed by atoms with E-state index in [0.29, 0.717) is 24.9 Å². The fraction of sp³-hybridized carbons (Fsp3) is 0.235. The maximum Gasteiger partial charge on any atom is 0.275 e. The zero-order valence-electron chi connectivity index (χ0n) is 12.8. The first kappa shape index (κ1) is 15.0. The first-order valence-corrected chi connectivity index (χ1v) is 7.51. The number of nitrogens with zero attached hydrogens (tertiary/aromatic N) is 2. The summed E-state index contributed by atoms with van der Waals surface area (Å²) in [6, 6.07) is 10.8. The molecule has 6 heteroatoms. The Morgan fingerprint density at radius 2 is 2.09 bits per heavy atom. The summed E-state index contributed by atoms with van der Waals surface area (Å²) in [4.78, 5) is 24.8. The molecule has 0 saturated heterocycles. The van der Waals surface area contributed by atoms with Crippen LogP contribution in [0.25, 0.3) is 10.9 Å². The lowest BCUT2D eigenvalue weighted by atomic mass is 10.2.